The average Bonchev–Trinajstić information content (AvgIpc) is 3.13. The molecular weight excluding hydrogens is 338 g/mol. The highest BCUT2D eigenvalue weighted by Gasteiger charge is 2.08. The fraction of sp³-hybridized carbons (Fsp3) is 0.278. The Bertz CT molecular complexity index is 919. The zero-order chi connectivity index (χ0) is 17.6. The van der Waals surface area contributed by atoms with Crippen LogP contribution in [0.4, 0.5) is 0 Å². The lowest BCUT2D eigenvalue weighted by Crippen LogP contribution is -2.26. The molecule has 3 aromatic rings. The number of carbonyl (C=O) groups excluding carboxylic acids is 1. The molecule has 0 bridgehead atoms. The normalized spacial score (nSPS) is 10.8. The van der Waals surface area contributed by atoms with Gasteiger partial charge in [-0.05, 0) is 30.7 Å². The molecule has 0 saturated carbocycles. The Labute approximate surface area is 148 Å². The van der Waals surface area contributed by atoms with E-state index >= 15 is 0 Å². The highest BCUT2D eigenvalue weighted by Crippen LogP contribution is 2.19. The first kappa shape index (κ1) is 17.2. The van der Waals surface area contributed by atoms with E-state index in [2.05, 4.69) is 15.3 Å². The van der Waals surface area contributed by atoms with Crippen LogP contribution in [0.3, 0.4) is 0 Å². The van der Waals surface area contributed by atoms with Gasteiger partial charge in [0.25, 0.3) is 5.56 Å². The van der Waals surface area contributed by atoms with Crippen molar-refractivity contribution in [1.29, 1.82) is 0 Å². The van der Waals surface area contributed by atoms with Crippen LogP contribution in [0.25, 0.3) is 10.9 Å². The Morgan fingerprint density at radius 3 is 2.96 bits per heavy atom. The molecule has 0 spiro atoms. The molecule has 0 saturated heterocycles. The molecular formula is C18H19N3O3S. The third-order valence-corrected chi connectivity index (χ3v) is 4.57. The van der Waals surface area contributed by atoms with Crippen molar-refractivity contribution in [3.05, 3.63) is 56.8 Å². The minimum atomic E-state index is -0.159. The number of hydrogen-bond donors (Lipinski definition) is 2. The summed E-state index contributed by atoms with van der Waals surface area (Å²) < 4.78 is 5.21. The maximum atomic E-state index is 12.1. The van der Waals surface area contributed by atoms with E-state index in [1.165, 1.54) is 0 Å². The first-order valence-corrected chi connectivity index (χ1v) is 8.93. The molecule has 0 aliphatic carbocycles. The number of carbonyl (C=O) groups is 1. The number of methoxy groups -OCH3 is 1. The van der Waals surface area contributed by atoms with Crippen LogP contribution in [0.15, 0.2) is 40.0 Å². The third kappa shape index (κ3) is 4.45. The van der Waals surface area contributed by atoms with Crippen LogP contribution < -0.4 is 15.6 Å². The lowest BCUT2D eigenvalue weighted by atomic mass is 10.1. The van der Waals surface area contributed by atoms with E-state index in [-0.39, 0.29) is 17.9 Å². The van der Waals surface area contributed by atoms with E-state index in [0.717, 1.165) is 22.3 Å². The standard InChI is InChI=1S/C18H19N3O3S/c1-24-15-3-4-16-13(9-15)8-12(18(23)21-16)2-5-17(22)19-7-6-14-10-25-11-20-14/h3-4,8-11H,2,5-7H2,1H3,(H,19,22)(H,21,23). The molecule has 6 nitrogen and oxygen atoms in total. The summed E-state index contributed by atoms with van der Waals surface area (Å²) >= 11 is 1.54. The number of H-pyrrole nitrogens is 1. The van der Waals surface area contributed by atoms with Crippen LogP contribution in [0.1, 0.15) is 17.7 Å². The fourth-order valence-electron chi connectivity index (χ4n) is 2.57. The van der Waals surface area contributed by atoms with Crippen molar-refractivity contribution < 1.29 is 9.53 Å². The molecule has 130 valence electrons. The van der Waals surface area contributed by atoms with E-state index in [1.807, 2.05) is 23.6 Å². The number of ether oxygens (including phenoxy) is 1. The van der Waals surface area contributed by atoms with E-state index in [0.29, 0.717) is 24.9 Å². The van der Waals surface area contributed by atoms with E-state index < -0.39 is 0 Å². The van der Waals surface area contributed by atoms with Crippen molar-refractivity contribution in [1.82, 2.24) is 15.3 Å². The number of nitrogens with one attached hydrogen (secondary N) is 2. The van der Waals surface area contributed by atoms with Crippen LogP contribution in [0.2, 0.25) is 0 Å². The first-order chi connectivity index (χ1) is 12.2. The van der Waals surface area contributed by atoms with Gasteiger partial charge in [0, 0.05) is 41.2 Å². The Hall–Kier alpha value is -2.67. The first-order valence-electron chi connectivity index (χ1n) is 7.99. The minimum absolute atomic E-state index is 0.0691. The molecule has 3 rings (SSSR count). The predicted molar refractivity (Wildman–Crippen MR) is 98.3 cm³/mol. The molecule has 2 heterocycles. The van der Waals surface area contributed by atoms with Crippen LogP contribution in [-0.2, 0) is 17.6 Å². The highest BCUT2D eigenvalue weighted by molar-refractivity contribution is 7.07. The van der Waals surface area contributed by atoms with Gasteiger partial charge in [-0.2, -0.15) is 0 Å². The van der Waals surface area contributed by atoms with Crippen LogP contribution in [-0.4, -0.2) is 29.5 Å². The number of nitrogens with zero attached hydrogens (tertiary/aromatic N) is 1. The zero-order valence-corrected chi connectivity index (χ0v) is 14.7. The maximum Gasteiger partial charge on any atom is 0.251 e. The molecule has 7 heteroatoms. The SMILES string of the molecule is COc1ccc2[nH]c(=O)c(CCC(=O)NCCc3cscn3)cc2c1. The van der Waals surface area contributed by atoms with Crippen molar-refractivity contribution in [2.45, 2.75) is 19.3 Å². The molecule has 1 aromatic carbocycles. The number of rotatable bonds is 7. The molecule has 0 aliphatic rings. The third-order valence-electron chi connectivity index (χ3n) is 3.94. The van der Waals surface area contributed by atoms with Crippen molar-refractivity contribution in [2.75, 3.05) is 13.7 Å². The number of fused-ring (bicyclic) bond motifs is 1. The lowest BCUT2D eigenvalue weighted by molar-refractivity contribution is -0.121. The molecule has 1 amide bonds. The fourth-order valence-corrected chi connectivity index (χ4v) is 3.16. The zero-order valence-electron chi connectivity index (χ0n) is 13.9. The summed E-state index contributed by atoms with van der Waals surface area (Å²) in [6.07, 6.45) is 1.38. The summed E-state index contributed by atoms with van der Waals surface area (Å²) in [7, 11) is 1.60. The van der Waals surface area contributed by atoms with Gasteiger partial charge in [-0.15, -0.1) is 11.3 Å². The monoisotopic (exact) mass is 357 g/mol. The van der Waals surface area contributed by atoms with Gasteiger partial charge in [-0.1, -0.05) is 0 Å². The number of aromatic nitrogens is 2. The second-order valence-corrected chi connectivity index (χ2v) is 6.38. The van der Waals surface area contributed by atoms with Crippen molar-refractivity contribution in [2.24, 2.45) is 0 Å². The van der Waals surface area contributed by atoms with E-state index in [1.54, 1.807) is 30.0 Å². The second-order valence-electron chi connectivity index (χ2n) is 5.66. The topological polar surface area (TPSA) is 84.1 Å². The highest BCUT2D eigenvalue weighted by atomic mass is 32.1. The van der Waals surface area contributed by atoms with Crippen molar-refractivity contribution in [3.63, 3.8) is 0 Å². The van der Waals surface area contributed by atoms with E-state index in [4.69, 9.17) is 4.74 Å². The summed E-state index contributed by atoms with van der Waals surface area (Å²) in [5.41, 5.74) is 3.94. The molecule has 25 heavy (non-hydrogen) atoms. The average molecular weight is 357 g/mol. The van der Waals surface area contributed by atoms with Crippen LogP contribution in [0, 0.1) is 0 Å². The van der Waals surface area contributed by atoms with Crippen molar-refractivity contribution in [3.8, 4) is 5.75 Å². The van der Waals surface area contributed by atoms with Crippen molar-refractivity contribution >= 4 is 28.1 Å². The van der Waals surface area contributed by atoms with Crippen LogP contribution >= 0.6 is 11.3 Å². The number of pyridine rings is 1. The molecule has 2 aromatic heterocycles. The summed E-state index contributed by atoms with van der Waals surface area (Å²) in [5, 5.41) is 5.71. The molecule has 0 unspecified atom stereocenters. The van der Waals surface area contributed by atoms with Gasteiger partial charge in [-0.3, -0.25) is 9.59 Å². The summed E-state index contributed by atoms with van der Waals surface area (Å²) in [6.45, 7) is 0.549. The predicted octanol–water partition coefficient (Wildman–Crippen LogP) is 2.28. The number of thiazole rings is 1. The van der Waals surface area contributed by atoms with Gasteiger partial charge in [0.2, 0.25) is 5.91 Å². The number of aryl methyl sites for hydroxylation is 1. The maximum absolute atomic E-state index is 12.1. The molecule has 0 fully saturated rings. The number of aromatic amines is 1. The quantitative estimate of drug-likeness (QED) is 0.679. The molecule has 0 aliphatic heterocycles. The number of hydrogen-bond acceptors (Lipinski definition) is 5. The molecule has 0 atom stereocenters. The largest absolute Gasteiger partial charge is 0.497 e. The molecule has 0 radical (unpaired) electrons. The minimum Gasteiger partial charge on any atom is -0.497 e. The second kappa shape index (κ2) is 7.94. The van der Waals surface area contributed by atoms with Gasteiger partial charge < -0.3 is 15.0 Å². The van der Waals surface area contributed by atoms with Gasteiger partial charge in [-0.25, -0.2) is 4.98 Å². The van der Waals surface area contributed by atoms with Crippen LogP contribution in [0.5, 0.6) is 5.75 Å². The van der Waals surface area contributed by atoms with E-state index in [9.17, 15) is 9.59 Å². The smallest absolute Gasteiger partial charge is 0.251 e. The number of benzene rings is 1. The summed E-state index contributed by atoms with van der Waals surface area (Å²) in [6, 6.07) is 7.29. The Balaban J connectivity index is 1.59. The number of amides is 1. The lowest BCUT2D eigenvalue weighted by Gasteiger charge is -2.06. The van der Waals surface area contributed by atoms with Gasteiger partial charge in [0.05, 0.1) is 18.3 Å². The Morgan fingerprint density at radius 2 is 2.20 bits per heavy atom. The van der Waals surface area contributed by atoms with Gasteiger partial charge >= 0.3 is 0 Å². The molecule has 2 N–H and O–H groups in total. The van der Waals surface area contributed by atoms with Gasteiger partial charge in [0.1, 0.15) is 5.75 Å². The Kier molecular flexibility index (Phi) is 5.45. The summed E-state index contributed by atoms with van der Waals surface area (Å²) in [4.78, 5) is 31.1. The van der Waals surface area contributed by atoms with Gasteiger partial charge in [0.15, 0.2) is 0 Å². The Morgan fingerprint density at radius 1 is 1.32 bits per heavy atom. The summed E-state index contributed by atoms with van der Waals surface area (Å²) in [5.74, 6) is 0.658.